The van der Waals surface area contributed by atoms with Crippen molar-refractivity contribution in [1.82, 2.24) is 4.83 Å². The molecule has 9 heteroatoms. The van der Waals surface area contributed by atoms with Crippen molar-refractivity contribution in [3.8, 4) is 0 Å². The topological polar surface area (TPSA) is 102 Å². The van der Waals surface area contributed by atoms with Gasteiger partial charge in [-0.05, 0) is 12.1 Å². The Labute approximate surface area is 129 Å². The smallest absolute Gasteiger partial charge is 0.734 e. The molecule has 0 aliphatic rings. The Morgan fingerprint density at radius 2 is 1.80 bits per heavy atom. The normalized spacial score (nSPS) is 10.2. The Morgan fingerprint density at radius 3 is 2.20 bits per heavy atom. The summed E-state index contributed by atoms with van der Waals surface area (Å²) < 4.78 is 30.8. The SMILES string of the molecule is O=NN(NS(=O)(=O)[O-])c1ccccc1.[K+]. The van der Waals surface area contributed by atoms with Crippen LogP contribution < -0.4 is 61.3 Å². The Morgan fingerprint density at radius 1 is 1.27 bits per heavy atom. The second-order valence-corrected chi connectivity index (χ2v) is 3.37. The van der Waals surface area contributed by atoms with E-state index in [0.29, 0.717) is 5.12 Å². The Hall–Kier alpha value is 0.126. The molecule has 0 aliphatic carbocycles. The van der Waals surface area contributed by atoms with Crippen LogP contribution in [0.4, 0.5) is 5.69 Å². The summed E-state index contributed by atoms with van der Waals surface area (Å²) in [6.07, 6.45) is 0. The van der Waals surface area contributed by atoms with Gasteiger partial charge in [0.05, 0.1) is 11.0 Å². The van der Waals surface area contributed by atoms with Crippen LogP contribution >= 0.6 is 0 Å². The predicted molar refractivity (Wildman–Crippen MR) is 47.5 cm³/mol. The molecule has 15 heavy (non-hydrogen) atoms. The first-order chi connectivity index (χ1) is 6.53. The molecule has 1 aromatic carbocycles. The number of hydrogen-bond donors (Lipinski definition) is 1. The molecule has 1 aromatic rings. The van der Waals surface area contributed by atoms with Crippen molar-refractivity contribution in [2.24, 2.45) is 5.29 Å². The number of anilines is 1. The summed E-state index contributed by atoms with van der Waals surface area (Å²) in [5.41, 5.74) is 0.155. The Bertz CT molecular complexity index is 410. The summed E-state index contributed by atoms with van der Waals surface area (Å²) >= 11 is 0. The van der Waals surface area contributed by atoms with Gasteiger partial charge in [0.1, 0.15) is 0 Å². The first-order valence-corrected chi connectivity index (χ1v) is 4.85. The van der Waals surface area contributed by atoms with Crippen molar-refractivity contribution >= 4 is 16.0 Å². The van der Waals surface area contributed by atoms with Gasteiger partial charge in [0.15, 0.2) is 10.3 Å². The fourth-order valence-electron chi connectivity index (χ4n) is 0.792. The van der Waals surface area contributed by atoms with Crippen LogP contribution in [0.25, 0.3) is 0 Å². The number of hydrazine groups is 1. The number of benzene rings is 1. The Kier molecular flexibility index (Phi) is 6.71. The van der Waals surface area contributed by atoms with Gasteiger partial charge in [-0.25, -0.2) is 8.42 Å². The van der Waals surface area contributed by atoms with Gasteiger partial charge in [-0.1, -0.05) is 18.2 Å². The van der Waals surface area contributed by atoms with E-state index in [9.17, 15) is 17.9 Å². The molecule has 0 spiro atoms. The van der Waals surface area contributed by atoms with E-state index in [1.807, 2.05) is 0 Å². The monoisotopic (exact) mass is 255 g/mol. The van der Waals surface area contributed by atoms with Gasteiger partial charge in [0.2, 0.25) is 0 Å². The molecular weight excluding hydrogens is 249 g/mol. The van der Waals surface area contributed by atoms with Crippen molar-refractivity contribution in [3.05, 3.63) is 35.2 Å². The average Bonchev–Trinajstić information content (AvgIpc) is 2.14. The number of nitroso groups, excluding NO2 is 1. The van der Waals surface area contributed by atoms with E-state index in [4.69, 9.17) is 0 Å². The summed E-state index contributed by atoms with van der Waals surface area (Å²) in [6.45, 7) is 0. The van der Waals surface area contributed by atoms with E-state index in [0.717, 1.165) is 0 Å². The minimum Gasteiger partial charge on any atom is -0.734 e. The number of para-hydroxylation sites is 1. The molecule has 0 aromatic heterocycles. The van der Waals surface area contributed by atoms with Crippen molar-refractivity contribution in [2.45, 2.75) is 0 Å². The standard InChI is InChI=1S/C6H7N3O4S.K/c10-7-9(8-14(11,12)13)6-4-2-1-3-5-6;/h1-5,8H,(H,11,12,13);/q;+1/p-1. The quantitative estimate of drug-likeness (QED) is 0.270. The van der Waals surface area contributed by atoms with Crippen LogP contribution in [0.5, 0.6) is 0 Å². The van der Waals surface area contributed by atoms with E-state index in [1.54, 1.807) is 18.2 Å². The molecule has 7 nitrogen and oxygen atoms in total. The van der Waals surface area contributed by atoms with Gasteiger partial charge < -0.3 is 4.55 Å². The molecule has 1 N–H and O–H groups in total. The van der Waals surface area contributed by atoms with Crippen molar-refractivity contribution in [1.29, 1.82) is 0 Å². The van der Waals surface area contributed by atoms with Crippen LogP contribution in [-0.2, 0) is 10.3 Å². The third-order valence-electron chi connectivity index (χ3n) is 1.28. The van der Waals surface area contributed by atoms with Crippen LogP contribution in [0.1, 0.15) is 0 Å². The maximum absolute atomic E-state index is 10.3. The summed E-state index contributed by atoms with van der Waals surface area (Å²) in [5.74, 6) is 0. The third-order valence-corrected chi connectivity index (χ3v) is 1.68. The van der Waals surface area contributed by atoms with E-state index in [1.165, 1.54) is 17.0 Å². The molecule has 0 saturated heterocycles. The molecule has 0 atom stereocenters. The zero-order chi connectivity index (χ0) is 10.6. The van der Waals surface area contributed by atoms with Gasteiger partial charge in [0.25, 0.3) is 0 Å². The average molecular weight is 255 g/mol. The molecule has 76 valence electrons. The first-order valence-electron chi connectivity index (χ1n) is 3.44. The fraction of sp³-hybridized carbons (Fsp3) is 0. The number of nitrogens with one attached hydrogen (secondary N) is 1. The van der Waals surface area contributed by atoms with E-state index >= 15 is 0 Å². The van der Waals surface area contributed by atoms with Gasteiger partial charge in [-0.15, -0.1) is 14.9 Å². The molecule has 0 saturated carbocycles. The van der Waals surface area contributed by atoms with E-state index in [-0.39, 0.29) is 57.1 Å². The minimum atomic E-state index is -4.75. The number of nitrogens with zero attached hydrogens (tertiary/aromatic N) is 2. The molecule has 0 aliphatic heterocycles. The molecule has 0 amide bonds. The molecule has 1 rings (SSSR count). The molecular formula is C6H6KN3O4S. The third kappa shape index (κ3) is 5.68. The van der Waals surface area contributed by atoms with Crippen LogP contribution in [0.15, 0.2) is 35.6 Å². The van der Waals surface area contributed by atoms with Crippen LogP contribution in [0, 0.1) is 4.91 Å². The molecule has 0 heterocycles. The zero-order valence-electron chi connectivity index (χ0n) is 7.82. The predicted octanol–water partition coefficient (Wildman–Crippen LogP) is -2.86. The largest absolute Gasteiger partial charge is 1.00 e. The number of hydrogen-bond acceptors (Lipinski definition) is 5. The van der Waals surface area contributed by atoms with Gasteiger partial charge >= 0.3 is 51.4 Å². The summed E-state index contributed by atoms with van der Waals surface area (Å²) in [4.78, 5) is 11.6. The number of rotatable bonds is 4. The van der Waals surface area contributed by atoms with Crippen molar-refractivity contribution in [2.75, 3.05) is 5.12 Å². The van der Waals surface area contributed by atoms with Crippen molar-refractivity contribution < 1.29 is 64.4 Å². The first kappa shape index (κ1) is 15.1. The Balaban J connectivity index is 0.00000196. The summed E-state index contributed by atoms with van der Waals surface area (Å²) in [6, 6.07) is 7.62. The summed E-state index contributed by atoms with van der Waals surface area (Å²) in [5, 5.41) is 2.67. The maximum Gasteiger partial charge on any atom is 1.00 e. The van der Waals surface area contributed by atoms with Gasteiger partial charge in [0, 0.05) is 0 Å². The van der Waals surface area contributed by atoms with Gasteiger partial charge in [-0.3, -0.25) is 0 Å². The maximum atomic E-state index is 10.3. The second kappa shape index (κ2) is 6.65. The van der Waals surface area contributed by atoms with Crippen LogP contribution in [0.3, 0.4) is 0 Å². The molecule has 0 unspecified atom stereocenters. The molecule has 0 bridgehead atoms. The summed E-state index contributed by atoms with van der Waals surface area (Å²) in [7, 11) is -4.75. The zero-order valence-corrected chi connectivity index (χ0v) is 11.8. The molecule has 0 radical (unpaired) electrons. The van der Waals surface area contributed by atoms with E-state index in [2.05, 4.69) is 5.29 Å². The van der Waals surface area contributed by atoms with E-state index < -0.39 is 10.3 Å². The molecule has 0 fully saturated rings. The van der Waals surface area contributed by atoms with Crippen LogP contribution in [0.2, 0.25) is 0 Å². The minimum absolute atomic E-state index is 0. The van der Waals surface area contributed by atoms with Gasteiger partial charge in [-0.2, -0.15) is 0 Å². The fourth-order valence-corrected chi connectivity index (χ4v) is 1.14. The second-order valence-electron chi connectivity index (χ2n) is 2.27. The van der Waals surface area contributed by atoms with Crippen LogP contribution in [-0.4, -0.2) is 13.0 Å². The van der Waals surface area contributed by atoms with Crippen molar-refractivity contribution in [3.63, 3.8) is 0 Å².